The predicted octanol–water partition coefficient (Wildman–Crippen LogP) is 0.491. The summed E-state index contributed by atoms with van der Waals surface area (Å²) in [6, 6.07) is 0. The largest absolute Gasteiger partial charge is 0.352 e. The van der Waals surface area contributed by atoms with Gasteiger partial charge in [-0.15, -0.1) is 0 Å². The quantitative estimate of drug-likeness (QED) is 0.760. The van der Waals surface area contributed by atoms with E-state index in [0.717, 1.165) is 0 Å². The van der Waals surface area contributed by atoms with E-state index in [1.165, 1.54) is 10.8 Å². The molecule has 1 N–H and O–H groups in total. The van der Waals surface area contributed by atoms with Crippen molar-refractivity contribution < 1.29 is 9.13 Å². The van der Waals surface area contributed by atoms with Crippen LogP contribution in [0.2, 0.25) is 0 Å². The summed E-state index contributed by atoms with van der Waals surface area (Å²) in [5, 5.41) is 0. The number of nitrogens with zero attached hydrogens (tertiary/aromatic N) is 1. The lowest BCUT2D eigenvalue weighted by molar-refractivity contribution is -0.000724. The molecule has 88 valence electrons. The van der Waals surface area contributed by atoms with Gasteiger partial charge in [0.15, 0.2) is 0 Å². The van der Waals surface area contributed by atoms with Crippen LogP contribution >= 0.6 is 0 Å². The Morgan fingerprint density at radius 1 is 1.56 bits per heavy atom. The van der Waals surface area contributed by atoms with Gasteiger partial charge in [0.05, 0.1) is 6.10 Å². The molecule has 2 heterocycles. The Hall–Kier alpha value is -1.43. The molecule has 6 heteroatoms. The van der Waals surface area contributed by atoms with E-state index in [9.17, 15) is 14.0 Å². The van der Waals surface area contributed by atoms with Gasteiger partial charge in [-0.1, -0.05) is 0 Å². The van der Waals surface area contributed by atoms with Gasteiger partial charge in [-0.2, -0.15) is 0 Å². The summed E-state index contributed by atoms with van der Waals surface area (Å²) in [4.78, 5) is 24.8. The summed E-state index contributed by atoms with van der Waals surface area (Å²) in [7, 11) is 0. The first-order chi connectivity index (χ1) is 7.49. The van der Waals surface area contributed by atoms with Gasteiger partial charge in [0.1, 0.15) is 12.4 Å². The zero-order valence-electron chi connectivity index (χ0n) is 9.07. The number of aromatic amines is 1. The summed E-state index contributed by atoms with van der Waals surface area (Å²) in [6.07, 6.45) is -0.704. The highest BCUT2D eigenvalue weighted by Crippen LogP contribution is 2.29. The van der Waals surface area contributed by atoms with Crippen LogP contribution in [0.4, 0.5) is 4.39 Å². The fourth-order valence-electron chi connectivity index (χ4n) is 1.75. The van der Waals surface area contributed by atoms with Crippen molar-refractivity contribution in [3.63, 3.8) is 0 Å². The fourth-order valence-corrected chi connectivity index (χ4v) is 1.75. The molecule has 2 rings (SSSR count). The Bertz CT molecular complexity index is 498. The van der Waals surface area contributed by atoms with Crippen LogP contribution in [-0.4, -0.2) is 21.8 Å². The second-order valence-electron chi connectivity index (χ2n) is 4.03. The molecule has 1 aromatic heterocycles. The normalized spacial score (nSPS) is 29.6. The van der Waals surface area contributed by atoms with Crippen molar-refractivity contribution in [3.8, 4) is 0 Å². The van der Waals surface area contributed by atoms with Crippen LogP contribution in [0, 0.1) is 6.92 Å². The molecule has 16 heavy (non-hydrogen) atoms. The maximum atomic E-state index is 13.3. The van der Waals surface area contributed by atoms with E-state index in [1.54, 1.807) is 13.8 Å². The van der Waals surface area contributed by atoms with Crippen molar-refractivity contribution in [2.24, 2.45) is 0 Å². The molecule has 1 aliphatic heterocycles. The van der Waals surface area contributed by atoms with E-state index >= 15 is 0 Å². The molecule has 0 bridgehead atoms. The van der Waals surface area contributed by atoms with Gasteiger partial charge in [-0.25, -0.2) is 9.18 Å². The van der Waals surface area contributed by atoms with E-state index in [0.29, 0.717) is 5.56 Å². The number of ether oxygens (including phenoxy) is 1. The third-order valence-electron chi connectivity index (χ3n) is 2.76. The van der Waals surface area contributed by atoms with Crippen LogP contribution in [0.15, 0.2) is 15.8 Å². The van der Waals surface area contributed by atoms with Crippen molar-refractivity contribution in [1.82, 2.24) is 9.55 Å². The molecule has 0 aliphatic carbocycles. The van der Waals surface area contributed by atoms with Gasteiger partial charge in [-0.3, -0.25) is 14.3 Å². The summed E-state index contributed by atoms with van der Waals surface area (Å²) < 4.78 is 19.8. The fraction of sp³-hybridized carbons (Fsp3) is 0.600. The Kier molecular flexibility index (Phi) is 2.67. The van der Waals surface area contributed by atoms with Crippen molar-refractivity contribution in [3.05, 3.63) is 32.6 Å². The van der Waals surface area contributed by atoms with Crippen LogP contribution in [-0.2, 0) is 4.74 Å². The highest BCUT2D eigenvalue weighted by atomic mass is 19.1. The molecular weight excluding hydrogens is 215 g/mol. The Morgan fingerprint density at radius 2 is 2.25 bits per heavy atom. The third kappa shape index (κ3) is 1.80. The van der Waals surface area contributed by atoms with Gasteiger partial charge in [0.25, 0.3) is 5.56 Å². The van der Waals surface area contributed by atoms with Crippen molar-refractivity contribution in [2.45, 2.75) is 38.8 Å². The summed E-state index contributed by atoms with van der Waals surface area (Å²) in [5.41, 5.74) is -0.593. The number of alkyl halides is 1. The molecule has 3 unspecified atom stereocenters. The minimum Gasteiger partial charge on any atom is -0.352 e. The molecule has 0 spiro atoms. The summed E-state index contributed by atoms with van der Waals surface area (Å²) >= 11 is 0. The first-order valence-corrected chi connectivity index (χ1v) is 5.10. The molecule has 1 saturated heterocycles. The molecule has 1 aliphatic rings. The highest BCUT2D eigenvalue weighted by molar-refractivity contribution is 5.01. The van der Waals surface area contributed by atoms with Crippen molar-refractivity contribution >= 4 is 0 Å². The summed E-state index contributed by atoms with van der Waals surface area (Å²) in [5.74, 6) is 0. The lowest BCUT2D eigenvalue weighted by Crippen LogP contribution is -2.33. The molecule has 1 aromatic rings. The molecule has 0 radical (unpaired) electrons. The van der Waals surface area contributed by atoms with E-state index < -0.39 is 29.8 Å². The monoisotopic (exact) mass is 228 g/mol. The van der Waals surface area contributed by atoms with Crippen LogP contribution in [0.1, 0.15) is 25.1 Å². The Morgan fingerprint density at radius 3 is 2.81 bits per heavy atom. The third-order valence-corrected chi connectivity index (χ3v) is 2.76. The maximum Gasteiger partial charge on any atom is 0.330 e. The molecule has 3 atom stereocenters. The highest BCUT2D eigenvalue weighted by Gasteiger charge is 2.33. The zero-order valence-corrected chi connectivity index (χ0v) is 9.07. The predicted molar refractivity (Wildman–Crippen MR) is 55.2 cm³/mol. The van der Waals surface area contributed by atoms with Gasteiger partial charge < -0.3 is 4.74 Å². The first-order valence-electron chi connectivity index (χ1n) is 5.10. The number of nitrogens with one attached hydrogen (secondary N) is 1. The van der Waals surface area contributed by atoms with Crippen LogP contribution in [0.25, 0.3) is 0 Å². The van der Waals surface area contributed by atoms with E-state index in [2.05, 4.69) is 4.98 Å². The van der Waals surface area contributed by atoms with Crippen LogP contribution < -0.4 is 11.2 Å². The maximum absolute atomic E-state index is 13.3. The minimum atomic E-state index is -1.08. The Balaban J connectivity index is 2.39. The standard InChI is InChI=1S/C10H13FN2O3/c1-5-4-13(10(15)12-9(5)14)8-3-7(11)6(2)16-8/h4,6-8H,3H2,1-2H3,(H,12,14,15). The van der Waals surface area contributed by atoms with E-state index in [1.807, 2.05) is 0 Å². The number of hydrogen-bond acceptors (Lipinski definition) is 3. The first kappa shape index (κ1) is 11.1. The molecular formula is C10H13FN2O3. The molecule has 0 saturated carbocycles. The lowest BCUT2D eigenvalue weighted by Gasteiger charge is -2.13. The second kappa shape index (κ2) is 3.86. The molecule has 5 nitrogen and oxygen atoms in total. The summed E-state index contributed by atoms with van der Waals surface area (Å²) in [6.45, 7) is 3.20. The lowest BCUT2D eigenvalue weighted by atomic mass is 10.2. The molecule has 1 fully saturated rings. The van der Waals surface area contributed by atoms with Crippen LogP contribution in [0.3, 0.4) is 0 Å². The topological polar surface area (TPSA) is 64.1 Å². The smallest absolute Gasteiger partial charge is 0.330 e. The molecule has 0 amide bonds. The van der Waals surface area contributed by atoms with Gasteiger partial charge in [-0.05, 0) is 13.8 Å². The van der Waals surface area contributed by atoms with E-state index in [4.69, 9.17) is 4.74 Å². The number of hydrogen-bond donors (Lipinski definition) is 1. The van der Waals surface area contributed by atoms with E-state index in [-0.39, 0.29) is 6.42 Å². The average molecular weight is 228 g/mol. The van der Waals surface area contributed by atoms with Gasteiger partial charge in [0, 0.05) is 18.2 Å². The van der Waals surface area contributed by atoms with Gasteiger partial charge >= 0.3 is 5.69 Å². The van der Waals surface area contributed by atoms with Gasteiger partial charge in [0.2, 0.25) is 0 Å². The number of aromatic nitrogens is 2. The van der Waals surface area contributed by atoms with Crippen molar-refractivity contribution in [1.29, 1.82) is 0 Å². The number of aryl methyl sites for hydroxylation is 1. The van der Waals surface area contributed by atoms with Crippen molar-refractivity contribution in [2.75, 3.05) is 0 Å². The Labute approximate surface area is 90.9 Å². The SMILES string of the molecule is Cc1cn(C2CC(F)C(C)O2)c(=O)[nH]c1=O. The number of H-pyrrole nitrogens is 1. The van der Waals surface area contributed by atoms with Crippen LogP contribution in [0.5, 0.6) is 0 Å². The number of halogens is 1. The minimum absolute atomic E-state index is 0.132. The number of rotatable bonds is 1. The second-order valence-corrected chi connectivity index (χ2v) is 4.03. The average Bonchev–Trinajstić information content (AvgIpc) is 2.53. The molecule has 0 aromatic carbocycles. The zero-order chi connectivity index (χ0) is 11.9.